The van der Waals surface area contributed by atoms with E-state index in [0.717, 1.165) is 32.1 Å². The summed E-state index contributed by atoms with van der Waals surface area (Å²) in [7, 11) is -3.58. The van der Waals surface area contributed by atoms with Gasteiger partial charge in [-0.15, -0.1) is 0 Å². The molecule has 6 nitrogen and oxygen atoms in total. The quantitative estimate of drug-likeness (QED) is 0.870. The SMILES string of the molecule is CC[C@@H](C)n1ncc(C(=O)NS(=O)(=O)CC2CCCC2)c1C. The Morgan fingerprint density at radius 2 is 2.09 bits per heavy atom. The van der Waals surface area contributed by atoms with Gasteiger partial charge in [-0.25, -0.2) is 13.1 Å². The number of amides is 1. The number of aromatic nitrogens is 2. The van der Waals surface area contributed by atoms with Crippen LogP contribution in [0.2, 0.25) is 0 Å². The first kappa shape index (κ1) is 17.0. The summed E-state index contributed by atoms with van der Waals surface area (Å²) < 4.78 is 28.2. The van der Waals surface area contributed by atoms with Crippen molar-refractivity contribution >= 4 is 15.9 Å². The van der Waals surface area contributed by atoms with Crippen LogP contribution in [0.15, 0.2) is 6.20 Å². The van der Waals surface area contributed by atoms with Crippen molar-refractivity contribution in [3.05, 3.63) is 17.5 Å². The Kier molecular flexibility index (Phi) is 5.26. The Morgan fingerprint density at radius 1 is 1.45 bits per heavy atom. The first-order valence-corrected chi connectivity index (χ1v) is 9.58. The summed E-state index contributed by atoms with van der Waals surface area (Å²) in [4.78, 5) is 12.2. The predicted octanol–water partition coefficient (Wildman–Crippen LogP) is 2.41. The van der Waals surface area contributed by atoms with Gasteiger partial charge < -0.3 is 0 Å². The smallest absolute Gasteiger partial charge is 0.268 e. The van der Waals surface area contributed by atoms with E-state index < -0.39 is 15.9 Å². The lowest BCUT2D eigenvalue weighted by atomic mass is 10.1. The molecule has 0 aliphatic heterocycles. The Bertz CT molecular complexity index is 630. The van der Waals surface area contributed by atoms with Crippen LogP contribution in [0.1, 0.15) is 68.0 Å². The van der Waals surface area contributed by atoms with Gasteiger partial charge in [0.05, 0.1) is 17.5 Å². The van der Waals surface area contributed by atoms with Gasteiger partial charge in [-0.1, -0.05) is 19.8 Å². The van der Waals surface area contributed by atoms with Crippen LogP contribution in [0, 0.1) is 12.8 Å². The molecule has 124 valence electrons. The molecule has 7 heteroatoms. The molecule has 1 aromatic heterocycles. The van der Waals surface area contributed by atoms with Gasteiger partial charge in [-0.05, 0) is 39.0 Å². The molecule has 1 N–H and O–H groups in total. The van der Waals surface area contributed by atoms with E-state index >= 15 is 0 Å². The minimum absolute atomic E-state index is 0.0390. The molecular weight excluding hydrogens is 302 g/mol. The minimum atomic E-state index is -3.58. The third kappa shape index (κ3) is 3.88. The lowest BCUT2D eigenvalue weighted by Crippen LogP contribution is -2.34. The largest absolute Gasteiger partial charge is 0.268 e. The third-order valence-electron chi connectivity index (χ3n) is 4.48. The lowest BCUT2D eigenvalue weighted by Gasteiger charge is -2.13. The van der Waals surface area contributed by atoms with Crippen LogP contribution >= 0.6 is 0 Å². The number of nitrogens with one attached hydrogen (secondary N) is 1. The fraction of sp³-hybridized carbons (Fsp3) is 0.733. The van der Waals surface area contributed by atoms with Crippen LogP contribution in [0.5, 0.6) is 0 Å². The monoisotopic (exact) mass is 327 g/mol. The first-order chi connectivity index (χ1) is 10.3. The number of hydrogen-bond donors (Lipinski definition) is 1. The van der Waals surface area contributed by atoms with Crippen molar-refractivity contribution in [3.63, 3.8) is 0 Å². The highest BCUT2D eigenvalue weighted by atomic mass is 32.2. The van der Waals surface area contributed by atoms with E-state index in [9.17, 15) is 13.2 Å². The number of hydrogen-bond acceptors (Lipinski definition) is 4. The first-order valence-electron chi connectivity index (χ1n) is 7.93. The maximum absolute atomic E-state index is 12.2. The van der Waals surface area contributed by atoms with Gasteiger partial charge in [0.2, 0.25) is 10.0 Å². The molecule has 0 bridgehead atoms. The Morgan fingerprint density at radius 3 is 2.68 bits per heavy atom. The third-order valence-corrected chi connectivity index (χ3v) is 5.88. The van der Waals surface area contributed by atoms with Crippen molar-refractivity contribution in [2.75, 3.05) is 5.75 Å². The van der Waals surface area contributed by atoms with Gasteiger partial charge in [0.25, 0.3) is 5.91 Å². The van der Waals surface area contributed by atoms with E-state index in [1.807, 2.05) is 13.8 Å². The average molecular weight is 327 g/mol. The maximum Gasteiger partial charge on any atom is 0.268 e. The topological polar surface area (TPSA) is 81.1 Å². The molecule has 22 heavy (non-hydrogen) atoms. The van der Waals surface area contributed by atoms with E-state index in [4.69, 9.17) is 0 Å². The van der Waals surface area contributed by atoms with Gasteiger partial charge >= 0.3 is 0 Å². The lowest BCUT2D eigenvalue weighted by molar-refractivity contribution is 0.0980. The molecule has 0 aromatic carbocycles. The Hall–Kier alpha value is -1.37. The summed E-state index contributed by atoms with van der Waals surface area (Å²) >= 11 is 0. The standard InChI is InChI=1S/C15H25N3O3S/c1-4-11(2)18-12(3)14(9-16-18)15(19)17-22(20,21)10-13-7-5-6-8-13/h9,11,13H,4-8,10H2,1-3H3,(H,17,19)/t11-/m1/s1. The minimum Gasteiger partial charge on any atom is -0.268 e. The highest BCUT2D eigenvalue weighted by Gasteiger charge is 2.26. The van der Waals surface area contributed by atoms with Crippen molar-refractivity contribution in [1.82, 2.24) is 14.5 Å². The van der Waals surface area contributed by atoms with Gasteiger partial charge in [0.15, 0.2) is 0 Å². The number of carbonyl (C=O) groups excluding carboxylic acids is 1. The van der Waals surface area contributed by atoms with Crippen LogP contribution in [-0.2, 0) is 10.0 Å². The highest BCUT2D eigenvalue weighted by molar-refractivity contribution is 7.90. The Labute approximate surface area is 132 Å². The summed E-state index contributed by atoms with van der Waals surface area (Å²) in [6.45, 7) is 5.84. The van der Waals surface area contributed by atoms with Crippen molar-refractivity contribution in [2.24, 2.45) is 5.92 Å². The van der Waals surface area contributed by atoms with E-state index in [1.165, 1.54) is 6.20 Å². The zero-order chi connectivity index (χ0) is 16.3. The number of rotatable bonds is 6. The van der Waals surface area contributed by atoms with E-state index in [1.54, 1.807) is 11.6 Å². The molecular formula is C15H25N3O3S. The molecule has 0 radical (unpaired) electrons. The molecule has 0 spiro atoms. The molecule has 1 saturated carbocycles. The summed E-state index contributed by atoms with van der Waals surface area (Å²) in [5.41, 5.74) is 1.03. The zero-order valence-corrected chi connectivity index (χ0v) is 14.3. The normalized spacial score (nSPS) is 17.6. The molecule has 2 rings (SSSR count). The van der Waals surface area contributed by atoms with E-state index in [-0.39, 0.29) is 17.7 Å². The van der Waals surface area contributed by atoms with E-state index in [2.05, 4.69) is 9.82 Å². The molecule has 1 heterocycles. The van der Waals surface area contributed by atoms with Gasteiger partial charge in [0, 0.05) is 11.7 Å². The van der Waals surface area contributed by atoms with Crippen molar-refractivity contribution < 1.29 is 13.2 Å². The summed E-state index contributed by atoms with van der Waals surface area (Å²) in [5.74, 6) is -0.364. The molecule has 1 aliphatic rings. The van der Waals surface area contributed by atoms with Crippen LogP contribution < -0.4 is 4.72 Å². The highest BCUT2D eigenvalue weighted by Crippen LogP contribution is 2.25. The second kappa shape index (κ2) is 6.81. The van der Waals surface area contributed by atoms with Gasteiger partial charge in [-0.2, -0.15) is 5.10 Å². The van der Waals surface area contributed by atoms with Crippen molar-refractivity contribution in [2.45, 2.75) is 58.9 Å². The average Bonchev–Trinajstić information content (AvgIpc) is 3.06. The van der Waals surface area contributed by atoms with Crippen LogP contribution in [0.4, 0.5) is 0 Å². The molecule has 0 saturated heterocycles. The van der Waals surface area contributed by atoms with Crippen LogP contribution in [0.25, 0.3) is 0 Å². The summed E-state index contributed by atoms with van der Waals surface area (Å²) in [5, 5.41) is 4.20. The van der Waals surface area contributed by atoms with Gasteiger partial charge in [0.1, 0.15) is 0 Å². The number of carbonyl (C=O) groups is 1. The maximum atomic E-state index is 12.2. The van der Waals surface area contributed by atoms with Crippen molar-refractivity contribution in [3.8, 4) is 0 Å². The summed E-state index contributed by atoms with van der Waals surface area (Å²) in [6, 6.07) is 0.177. The zero-order valence-electron chi connectivity index (χ0n) is 13.5. The second-order valence-electron chi connectivity index (χ2n) is 6.21. The van der Waals surface area contributed by atoms with Crippen molar-refractivity contribution in [1.29, 1.82) is 0 Å². The predicted molar refractivity (Wildman–Crippen MR) is 85.2 cm³/mol. The number of nitrogens with zero attached hydrogens (tertiary/aromatic N) is 2. The Balaban J connectivity index is 2.07. The molecule has 1 aliphatic carbocycles. The van der Waals surface area contributed by atoms with Crippen LogP contribution in [0.3, 0.4) is 0 Å². The fourth-order valence-electron chi connectivity index (χ4n) is 2.99. The number of sulfonamides is 1. The van der Waals surface area contributed by atoms with E-state index in [0.29, 0.717) is 11.3 Å². The second-order valence-corrected chi connectivity index (χ2v) is 7.98. The molecule has 1 fully saturated rings. The van der Waals surface area contributed by atoms with Gasteiger partial charge in [-0.3, -0.25) is 9.48 Å². The fourth-order valence-corrected chi connectivity index (χ4v) is 4.42. The van der Waals surface area contributed by atoms with Crippen LogP contribution in [-0.4, -0.2) is 29.9 Å². The summed E-state index contributed by atoms with van der Waals surface area (Å²) in [6.07, 6.45) is 6.36. The molecule has 1 aromatic rings. The molecule has 1 atom stereocenters. The molecule has 0 unspecified atom stereocenters. The molecule has 1 amide bonds.